The Balaban J connectivity index is 2.23. The topological polar surface area (TPSA) is 65.0 Å². The van der Waals surface area contributed by atoms with E-state index in [0.717, 1.165) is 11.3 Å². The highest BCUT2D eigenvalue weighted by atomic mass is 16.5. The SMILES string of the molecule is CCOc1ccc(C=CC(=O)c2c(O)cc(OC)cc2OC)cc1. The zero-order valence-electron chi connectivity index (χ0n) is 13.9. The van der Waals surface area contributed by atoms with Crippen molar-refractivity contribution in [3.05, 3.63) is 53.6 Å². The highest BCUT2D eigenvalue weighted by Gasteiger charge is 2.17. The number of ether oxygens (including phenoxy) is 3. The average molecular weight is 328 g/mol. The second-order valence-electron chi connectivity index (χ2n) is 4.92. The first-order valence-corrected chi connectivity index (χ1v) is 7.49. The first-order valence-electron chi connectivity index (χ1n) is 7.49. The number of benzene rings is 2. The maximum Gasteiger partial charge on any atom is 0.193 e. The summed E-state index contributed by atoms with van der Waals surface area (Å²) in [5.41, 5.74) is 0.944. The van der Waals surface area contributed by atoms with Gasteiger partial charge in [0.2, 0.25) is 0 Å². The van der Waals surface area contributed by atoms with E-state index in [1.165, 1.54) is 26.4 Å². The van der Waals surface area contributed by atoms with Gasteiger partial charge in [0.05, 0.1) is 20.8 Å². The molecule has 0 aliphatic carbocycles. The van der Waals surface area contributed by atoms with Gasteiger partial charge in [-0.05, 0) is 30.7 Å². The maximum atomic E-state index is 12.4. The molecule has 2 aromatic rings. The Bertz CT molecular complexity index is 732. The molecule has 2 aromatic carbocycles. The minimum absolute atomic E-state index is 0.0977. The van der Waals surface area contributed by atoms with Crippen LogP contribution in [0.5, 0.6) is 23.0 Å². The Morgan fingerprint density at radius 1 is 1.08 bits per heavy atom. The van der Waals surface area contributed by atoms with Gasteiger partial charge in [0.15, 0.2) is 5.78 Å². The molecule has 5 heteroatoms. The number of aromatic hydroxyl groups is 1. The van der Waals surface area contributed by atoms with Gasteiger partial charge in [-0.15, -0.1) is 0 Å². The third-order valence-electron chi connectivity index (χ3n) is 3.38. The van der Waals surface area contributed by atoms with Crippen LogP contribution < -0.4 is 14.2 Å². The number of carbonyl (C=O) groups excluding carboxylic acids is 1. The van der Waals surface area contributed by atoms with Gasteiger partial charge in [-0.3, -0.25) is 4.79 Å². The number of rotatable bonds is 7. The lowest BCUT2D eigenvalue weighted by molar-refractivity contribution is 0.104. The predicted molar refractivity (Wildman–Crippen MR) is 92.2 cm³/mol. The molecule has 24 heavy (non-hydrogen) atoms. The van der Waals surface area contributed by atoms with Crippen LogP contribution in [0.1, 0.15) is 22.8 Å². The molecular weight excluding hydrogens is 308 g/mol. The number of phenolic OH excluding ortho intramolecular Hbond substituents is 1. The van der Waals surface area contributed by atoms with Gasteiger partial charge in [-0.25, -0.2) is 0 Å². The van der Waals surface area contributed by atoms with Crippen molar-refractivity contribution in [1.29, 1.82) is 0 Å². The molecule has 126 valence electrons. The van der Waals surface area contributed by atoms with E-state index in [0.29, 0.717) is 12.4 Å². The second kappa shape index (κ2) is 8.06. The summed E-state index contributed by atoms with van der Waals surface area (Å²) in [7, 11) is 2.91. The van der Waals surface area contributed by atoms with Crippen LogP contribution in [0.25, 0.3) is 6.08 Å². The zero-order valence-corrected chi connectivity index (χ0v) is 13.9. The fourth-order valence-corrected chi connectivity index (χ4v) is 2.20. The standard InChI is InChI=1S/C19H20O5/c1-4-24-14-8-5-13(6-9-14)7-10-16(20)19-17(21)11-15(22-2)12-18(19)23-3/h5-12,21H,4H2,1-3H3. The summed E-state index contributed by atoms with van der Waals surface area (Å²) in [6, 6.07) is 10.3. The van der Waals surface area contributed by atoms with E-state index in [9.17, 15) is 9.90 Å². The van der Waals surface area contributed by atoms with Crippen molar-refractivity contribution < 1.29 is 24.1 Å². The number of phenols is 1. The van der Waals surface area contributed by atoms with Crippen molar-refractivity contribution in [3.63, 3.8) is 0 Å². The van der Waals surface area contributed by atoms with Crippen LogP contribution in [0.4, 0.5) is 0 Å². The van der Waals surface area contributed by atoms with Gasteiger partial charge in [0, 0.05) is 12.1 Å². The highest BCUT2D eigenvalue weighted by molar-refractivity contribution is 6.10. The van der Waals surface area contributed by atoms with Crippen LogP contribution in [-0.4, -0.2) is 31.7 Å². The summed E-state index contributed by atoms with van der Waals surface area (Å²) in [5.74, 6) is 0.897. The molecule has 1 N–H and O–H groups in total. The molecule has 0 unspecified atom stereocenters. The molecule has 0 saturated carbocycles. The van der Waals surface area contributed by atoms with Crippen molar-refractivity contribution in [2.45, 2.75) is 6.92 Å². The quantitative estimate of drug-likeness (QED) is 0.620. The third kappa shape index (κ3) is 4.07. The lowest BCUT2D eigenvalue weighted by Crippen LogP contribution is -2.00. The van der Waals surface area contributed by atoms with Gasteiger partial charge >= 0.3 is 0 Å². The maximum absolute atomic E-state index is 12.4. The molecule has 0 bridgehead atoms. The Kier molecular flexibility index (Phi) is 5.84. The molecular formula is C19H20O5. The molecule has 0 spiro atoms. The number of allylic oxidation sites excluding steroid dienone is 1. The summed E-state index contributed by atoms with van der Waals surface area (Å²) in [6.07, 6.45) is 3.06. The Morgan fingerprint density at radius 3 is 2.38 bits per heavy atom. The Morgan fingerprint density at radius 2 is 1.79 bits per heavy atom. The van der Waals surface area contributed by atoms with Gasteiger partial charge in [0.25, 0.3) is 0 Å². The van der Waals surface area contributed by atoms with Crippen molar-refractivity contribution in [3.8, 4) is 23.0 Å². The minimum atomic E-state index is -0.360. The second-order valence-corrected chi connectivity index (χ2v) is 4.92. The van der Waals surface area contributed by atoms with Gasteiger partial charge in [-0.2, -0.15) is 0 Å². The van der Waals surface area contributed by atoms with E-state index in [-0.39, 0.29) is 22.8 Å². The van der Waals surface area contributed by atoms with Crippen LogP contribution in [0.15, 0.2) is 42.5 Å². The van der Waals surface area contributed by atoms with Crippen LogP contribution in [0.3, 0.4) is 0 Å². The highest BCUT2D eigenvalue weighted by Crippen LogP contribution is 2.33. The van der Waals surface area contributed by atoms with Crippen molar-refractivity contribution in [2.24, 2.45) is 0 Å². The number of methoxy groups -OCH3 is 2. The summed E-state index contributed by atoms with van der Waals surface area (Å²) in [4.78, 5) is 12.4. The fourth-order valence-electron chi connectivity index (χ4n) is 2.20. The van der Waals surface area contributed by atoms with Crippen LogP contribution in [0.2, 0.25) is 0 Å². The summed E-state index contributed by atoms with van der Waals surface area (Å²) in [6.45, 7) is 2.52. The van der Waals surface area contributed by atoms with Gasteiger partial charge in [0.1, 0.15) is 28.6 Å². The normalized spacial score (nSPS) is 10.6. The molecule has 0 aromatic heterocycles. The largest absolute Gasteiger partial charge is 0.507 e. The van der Waals surface area contributed by atoms with Gasteiger partial charge < -0.3 is 19.3 Å². The third-order valence-corrected chi connectivity index (χ3v) is 3.38. The number of carbonyl (C=O) groups is 1. The van der Waals surface area contributed by atoms with E-state index < -0.39 is 0 Å². The molecule has 0 radical (unpaired) electrons. The average Bonchev–Trinajstić information content (AvgIpc) is 2.60. The number of hydrogen-bond acceptors (Lipinski definition) is 5. The molecule has 0 aliphatic rings. The monoisotopic (exact) mass is 328 g/mol. The molecule has 0 aliphatic heterocycles. The van der Waals surface area contributed by atoms with Crippen molar-refractivity contribution in [1.82, 2.24) is 0 Å². The first-order chi connectivity index (χ1) is 11.6. The summed E-state index contributed by atoms with van der Waals surface area (Å²) in [5, 5.41) is 10.1. The molecule has 0 fully saturated rings. The van der Waals surface area contributed by atoms with Crippen LogP contribution in [0, 0.1) is 0 Å². The molecule has 0 heterocycles. The van der Waals surface area contributed by atoms with Crippen LogP contribution in [-0.2, 0) is 0 Å². The fraction of sp³-hybridized carbons (Fsp3) is 0.211. The Hall–Kier alpha value is -2.95. The molecule has 0 atom stereocenters. The lowest BCUT2D eigenvalue weighted by atomic mass is 10.1. The number of hydrogen-bond donors (Lipinski definition) is 1. The van der Waals surface area contributed by atoms with E-state index in [1.54, 1.807) is 12.1 Å². The van der Waals surface area contributed by atoms with E-state index in [1.807, 2.05) is 31.2 Å². The molecule has 0 saturated heterocycles. The zero-order chi connectivity index (χ0) is 17.5. The Labute approximate surface area is 141 Å². The minimum Gasteiger partial charge on any atom is -0.507 e. The van der Waals surface area contributed by atoms with Crippen molar-refractivity contribution in [2.75, 3.05) is 20.8 Å². The smallest absolute Gasteiger partial charge is 0.193 e. The van der Waals surface area contributed by atoms with E-state index in [2.05, 4.69) is 0 Å². The van der Waals surface area contributed by atoms with E-state index >= 15 is 0 Å². The van der Waals surface area contributed by atoms with Crippen molar-refractivity contribution >= 4 is 11.9 Å². The lowest BCUT2D eigenvalue weighted by Gasteiger charge is -2.10. The molecule has 0 amide bonds. The first kappa shape index (κ1) is 17.4. The molecule has 2 rings (SSSR count). The predicted octanol–water partition coefficient (Wildman–Crippen LogP) is 3.70. The summed E-state index contributed by atoms with van der Waals surface area (Å²) < 4.78 is 15.6. The summed E-state index contributed by atoms with van der Waals surface area (Å²) >= 11 is 0. The van der Waals surface area contributed by atoms with Crippen LogP contribution >= 0.6 is 0 Å². The van der Waals surface area contributed by atoms with Gasteiger partial charge in [-0.1, -0.05) is 18.2 Å². The van der Waals surface area contributed by atoms with E-state index in [4.69, 9.17) is 14.2 Å². The molecule has 5 nitrogen and oxygen atoms in total. The number of ketones is 1.